The molecule has 0 bridgehead atoms. The van der Waals surface area contributed by atoms with Gasteiger partial charge in [0, 0.05) is 42.9 Å². The normalized spacial score (nSPS) is 20.9. The van der Waals surface area contributed by atoms with Gasteiger partial charge in [-0.25, -0.2) is 9.50 Å². The van der Waals surface area contributed by atoms with Crippen LogP contribution in [0.2, 0.25) is 0 Å². The molecule has 4 heterocycles. The van der Waals surface area contributed by atoms with E-state index < -0.39 is 0 Å². The van der Waals surface area contributed by atoms with E-state index in [-0.39, 0.29) is 17.9 Å². The van der Waals surface area contributed by atoms with Crippen LogP contribution in [0.15, 0.2) is 36.7 Å². The van der Waals surface area contributed by atoms with Crippen molar-refractivity contribution in [2.75, 3.05) is 18.4 Å². The molecule has 0 spiro atoms. The van der Waals surface area contributed by atoms with Gasteiger partial charge >= 0.3 is 0 Å². The summed E-state index contributed by atoms with van der Waals surface area (Å²) in [4.78, 5) is 18.8. The third kappa shape index (κ3) is 3.80. The summed E-state index contributed by atoms with van der Waals surface area (Å²) in [6, 6.07) is 10.4. The molecule has 8 heteroatoms. The van der Waals surface area contributed by atoms with Crippen molar-refractivity contribution in [2.45, 2.75) is 44.2 Å². The van der Waals surface area contributed by atoms with Gasteiger partial charge in [-0.15, -0.1) is 0 Å². The highest BCUT2D eigenvalue weighted by Gasteiger charge is 2.35. The molecule has 162 valence electrons. The lowest BCUT2D eigenvalue weighted by Crippen LogP contribution is -2.26. The highest BCUT2D eigenvalue weighted by atomic mass is 16.5. The fourth-order valence-electron chi connectivity index (χ4n) is 4.42. The Hall–Kier alpha value is -3.44. The minimum atomic E-state index is 0.0360. The van der Waals surface area contributed by atoms with Gasteiger partial charge in [-0.1, -0.05) is 0 Å². The Kier molecular flexibility index (Phi) is 4.58. The molecule has 3 aromatic rings. The number of pyridine rings is 2. The van der Waals surface area contributed by atoms with Crippen molar-refractivity contribution in [3.05, 3.63) is 42.4 Å². The molecule has 3 aromatic heterocycles. The van der Waals surface area contributed by atoms with E-state index in [2.05, 4.69) is 26.4 Å². The largest absolute Gasteiger partial charge is 0.487 e. The minimum absolute atomic E-state index is 0.0360. The van der Waals surface area contributed by atoms with E-state index in [0.29, 0.717) is 17.3 Å². The molecule has 0 radical (unpaired) electrons. The Morgan fingerprint density at radius 1 is 1.19 bits per heavy atom. The maximum Gasteiger partial charge on any atom is 0.228 e. The summed E-state index contributed by atoms with van der Waals surface area (Å²) in [5, 5.41) is 16.7. The highest BCUT2D eigenvalue weighted by Crippen LogP contribution is 2.35. The lowest BCUT2D eigenvalue weighted by molar-refractivity contribution is -0.117. The van der Waals surface area contributed by atoms with Crippen LogP contribution in [0.3, 0.4) is 0 Å². The fraction of sp³-hybridized carbons (Fsp3) is 0.417. The zero-order valence-corrected chi connectivity index (χ0v) is 17.7. The first-order valence-electron chi connectivity index (χ1n) is 11.3. The van der Waals surface area contributed by atoms with E-state index in [1.807, 2.05) is 24.4 Å². The minimum Gasteiger partial charge on any atom is -0.487 e. The Balaban J connectivity index is 1.28. The summed E-state index contributed by atoms with van der Waals surface area (Å²) >= 11 is 0. The molecular weight excluding hydrogens is 404 g/mol. The highest BCUT2D eigenvalue weighted by molar-refractivity contribution is 5.93. The smallest absolute Gasteiger partial charge is 0.228 e. The van der Waals surface area contributed by atoms with Crippen LogP contribution >= 0.6 is 0 Å². The van der Waals surface area contributed by atoms with E-state index in [1.54, 1.807) is 16.8 Å². The molecule has 6 rings (SSSR count). The van der Waals surface area contributed by atoms with Gasteiger partial charge in [-0.2, -0.15) is 10.4 Å². The number of nitrogens with zero attached hydrogens (tertiary/aromatic N) is 5. The van der Waals surface area contributed by atoms with Gasteiger partial charge in [-0.3, -0.25) is 9.69 Å². The number of aromatic nitrogens is 3. The standard InChI is InChI=1S/C24H24N6O2/c25-12-17-10-21(22(13-26-17)32-20-6-7-29(14-20)18-3-4-18)16-5-8-30-19(9-16)11-23(28-30)27-24(31)15-1-2-15/h5,8-11,13,15,18,20H,1-4,6-7,14H2,(H,27,28,31)/t20-/m1/s1. The molecule has 2 aliphatic carbocycles. The Labute approximate surface area is 185 Å². The molecule has 0 unspecified atom stereocenters. The molecule has 3 fully saturated rings. The summed E-state index contributed by atoms with van der Waals surface area (Å²) in [5.41, 5.74) is 2.97. The van der Waals surface area contributed by atoms with Gasteiger partial charge in [0.25, 0.3) is 0 Å². The Morgan fingerprint density at radius 3 is 2.84 bits per heavy atom. The number of amides is 1. The summed E-state index contributed by atoms with van der Waals surface area (Å²) in [6.45, 7) is 2.02. The molecular formula is C24H24N6O2. The first-order chi connectivity index (χ1) is 15.7. The molecule has 1 aliphatic heterocycles. The third-order valence-corrected chi connectivity index (χ3v) is 6.49. The van der Waals surface area contributed by atoms with Crippen LogP contribution in [0.5, 0.6) is 5.75 Å². The quantitative estimate of drug-likeness (QED) is 0.648. The first kappa shape index (κ1) is 19.3. The second-order valence-electron chi connectivity index (χ2n) is 9.01. The maximum atomic E-state index is 12.1. The van der Waals surface area contributed by atoms with E-state index in [0.717, 1.165) is 55.0 Å². The van der Waals surface area contributed by atoms with Crippen LogP contribution in [0.4, 0.5) is 5.82 Å². The number of likely N-dealkylation sites (tertiary alicyclic amines) is 1. The van der Waals surface area contributed by atoms with Gasteiger partial charge in [0.15, 0.2) is 5.82 Å². The van der Waals surface area contributed by atoms with Crippen molar-refractivity contribution in [1.82, 2.24) is 19.5 Å². The molecule has 8 nitrogen and oxygen atoms in total. The van der Waals surface area contributed by atoms with Crippen molar-refractivity contribution < 1.29 is 9.53 Å². The zero-order valence-electron chi connectivity index (χ0n) is 17.7. The number of nitriles is 1. The van der Waals surface area contributed by atoms with E-state index in [4.69, 9.17) is 4.74 Å². The maximum absolute atomic E-state index is 12.1. The lowest BCUT2D eigenvalue weighted by atomic mass is 10.1. The average molecular weight is 428 g/mol. The van der Waals surface area contributed by atoms with Crippen LogP contribution in [-0.4, -0.2) is 50.6 Å². The van der Waals surface area contributed by atoms with Crippen molar-refractivity contribution in [1.29, 1.82) is 5.26 Å². The summed E-state index contributed by atoms with van der Waals surface area (Å²) in [7, 11) is 0. The van der Waals surface area contributed by atoms with Gasteiger partial charge in [0.2, 0.25) is 5.91 Å². The summed E-state index contributed by atoms with van der Waals surface area (Å²) in [5.74, 6) is 1.41. The van der Waals surface area contributed by atoms with E-state index in [1.165, 1.54) is 12.8 Å². The summed E-state index contributed by atoms with van der Waals surface area (Å²) < 4.78 is 8.12. The first-order valence-corrected chi connectivity index (χ1v) is 11.3. The second kappa shape index (κ2) is 7.61. The molecule has 1 saturated heterocycles. The molecule has 1 N–H and O–H groups in total. The predicted molar refractivity (Wildman–Crippen MR) is 118 cm³/mol. The number of hydrogen-bond acceptors (Lipinski definition) is 6. The van der Waals surface area contributed by atoms with Gasteiger partial charge in [-0.05, 0) is 55.9 Å². The molecule has 2 saturated carbocycles. The number of hydrogen-bond donors (Lipinski definition) is 1. The lowest BCUT2D eigenvalue weighted by Gasteiger charge is -2.18. The van der Waals surface area contributed by atoms with Crippen LogP contribution < -0.4 is 10.1 Å². The van der Waals surface area contributed by atoms with Gasteiger partial charge in [0.1, 0.15) is 23.6 Å². The molecule has 1 atom stereocenters. The molecule has 1 amide bonds. The predicted octanol–water partition coefficient (Wildman–Crippen LogP) is 3.23. The van der Waals surface area contributed by atoms with Gasteiger partial charge < -0.3 is 10.1 Å². The van der Waals surface area contributed by atoms with Crippen LogP contribution in [0, 0.1) is 17.2 Å². The second-order valence-corrected chi connectivity index (χ2v) is 9.01. The third-order valence-electron chi connectivity index (χ3n) is 6.49. The molecule has 0 aromatic carbocycles. The summed E-state index contributed by atoms with van der Waals surface area (Å²) in [6.07, 6.45) is 9.15. The zero-order chi connectivity index (χ0) is 21.7. The SMILES string of the molecule is N#Cc1cc(-c2ccn3nc(NC(=O)C4CC4)cc3c2)c(O[C@@H]2CCN(C3CC3)C2)cn1. The van der Waals surface area contributed by atoms with E-state index in [9.17, 15) is 10.1 Å². The van der Waals surface area contributed by atoms with E-state index >= 15 is 0 Å². The Bertz CT molecular complexity index is 1240. The Morgan fingerprint density at radius 2 is 2.06 bits per heavy atom. The van der Waals surface area contributed by atoms with Crippen LogP contribution in [-0.2, 0) is 4.79 Å². The molecule has 3 aliphatic rings. The van der Waals surface area contributed by atoms with Crippen LogP contribution in [0.1, 0.15) is 37.8 Å². The van der Waals surface area contributed by atoms with Crippen molar-refractivity contribution in [2.24, 2.45) is 5.92 Å². The molecule has 32 heavy (non-hydrogen) atoms. The number of carbonyl (C=O) groups is 1. The monoisotopic (exact) mass is 428 g/mol. The number of carbonyl (C=O) groups excluding carboxylic acids is 1. The van der Waals surface area contributed by atoms with Crippen molar-refractivity contribution in [3.8, 4) is 22.9 Å². The fourth-order valence-corrected chi connectivity index (χ4v) is 4.42. The van der Waals surface area contributed by atoms with Crippen molar-refractivity contribution in [3.63, 3.8) is 0 Å². The van der Waals surface area contributed by atoms with Crippen LogP contribution in [0.25, 0.3) is 16.6 Å². The number of nitrogens with one attached hydrogen (secondary N) is 1. The average Bonchev–Trinajstić information content (AvgIpc) is 3.74. The number of ether oxygens (including phenoxy) is 1. The number of fused-ring (bicyclic) bond motifs is 1. The van der Waals surface area contributed by atoms with Gasteiger partial charge in [0.05, 0.1) is 11.7 Å². The van der Waals surface area contributed by atoms with Crippen molar-refractivity contribution >= 4 is 17.2 Å². The topological polar surface area (TPSA) is 95.5 Å². The number of rotatable bonds is 6. The number of anilines is 1.